The average molecular weight is 541 g/mol. The van der Waals surface area contributed by atoms with Gasteiger partial charge >= 0.3 is 0 Å². The Morgan fingerprint density at radius 2 is 1.38 bits per heavy atom. The maximum Gasteiger partial charge on any atom is 0.119 e. The summed E-state index contributed by atoms with van der Waals surface area (Å²) in [6.45, 7) is 11.8. The highest BCUT2D eigenvalue weighted by Gasteiger charge is 2.30. The van der Waals surface area contributed by atoms with Crippen molar-refractivity contribution in [1.82, 2.24) is 0 Å². The molecular formula is C33H48O6. The van der Waals surface area contributed by atoms with E-state index in [4.69, 9.17) is 4.74 Å². The molecule has 0 aliphatic rings. The van der Waals surface area contributed by atoms with E-state index in [9.17, 15) is 25.5 Å². The lowest BCUT2D eigenvalue weighted by Gasteiger charge is -2.30. The first-order chi connectivity index (χ1) is 18.4. The van der Waals surface area contributed by atoms with Crippen LogP contribution in [0.2, 0.25) is 0 Å². The van der Waals surface area contributed by atoms with Crippen molar-refractivity contribution in [3.8, 4) is 23.3 Å². The first-order valence-corrected chi connectivity index (χ1v) is 14.1. The fourth-order valence-electron chi connectivity index (χ4n) is 5.24. The van der Waals surface area contributed by atoms with Gasteiger partial charge in [0.05, 0.1) is 18.8 Å². The zero-order chi connectivity index (χ0) is 28.9. The van der Waals surface area contributed by atoms with Crippen molar-refractivity contribution in [2.24, 2.45) is 29.6 Å². The molecule has 7 atom stereocenters. The van der Waals surface area contributed by atoms with E-state index in [0.29, 0.717) is 37.0 Å². The van der Waals surface area contributed by atoms with Crippen molar-refractivity contribution in [2.75, 3.05) is 6.61 Å². The molecule has 0 fully saturated rings. The molecule has 0 radical (unpaired) electrons. The van der Waals surface area contributed by atoms with Gasteiger partial charge < -0.3 is 30.3 Å². The number of aliphatic hydroxyl groups excluding tert-OH is 3. The van der Waals surface area contributed by atoms with Crippen molar-refractivity contribution in [2.45, 2.75) is 85.2 Å². The molecule has 0 amide bonds. The van der Waals surface area contributed by atoms with Crippen LogP contribution in [-0.2, 0) is 11.3 Å². The van der Waals surface area contributed by atoms with Gasteiger partial charge in [-0.3, -0.25) is 0 Å². The maximum absolute atomic E-state index is 11.0. The third-order valence-electron chi connectivity index (χ3n) is 6.95. The quantitative estimate of drug-likeness (QED) is 0.182. The summed E-state index contributed by atoms with van der Waals surface area (Å²) in [4.78, 5) is 0. The molecule has 2 aromatic carbocycles. The van der Waals surface area contributed by atoms with E-state index >= 15 is 0 Å². The molecule has 6 heteroatoms. The highest BCUT2D eigenvalue weighted by molar-refractivity contribution is 5.38. The largest absolute Gasteiger partial charge is 0.508 e. The van der Waals surface area contributed by atoms with E-state index in [1.165, 1.54) is 23.8 Å². The van der Waals surface area contributed by atoms with Crippen molar-refractivity contribution in [3.05, 3.63) is 59.7 Å². The van der Waals surface area contributed by atoms with Crippen LogP contribution < -0.4 is 0 Å². The topological polar surface area (TPSA) is 110 Å². The summed E-state index contributed by atoms with van der Waals surface area (Å²) in [6, 6.07) is 14.1. The SMILES string of the molecule is CC(C)C[C@@H]([C@H](O)C[C@H](O)C#C[C@@H](C)C[C@H](C)C[C@@H](C)COCc1ccccc1)[C@@H](O)c1cc(O)cc(O)c1. The lowest BCUT2D eigenvalue weighted by atomic mass is 9.82. The standard InChI is InChI=1S/C33H48O6/c1-22(2)13-31(33(38)27-16-29(35)18-30(36)17-27)32(37)19-28(34)12-11-23(3)14-24(4)15-25(5)20-39-21-26-9-7-6-8-10-26/h6-10,16-18,22-25,28,31-38H,13-15,19-21H2,1-5H3/t23-,24+,25-,28-,31+,32-,33+/m1/s1. The van der Waals surface area contributed by atoms with Gasteiger partial charge in [-0.25, -0.2) is 0 Å². The summed E-state index contributed by atoms with van der Waals surface area (Å²) >= 11 is 0. The van der Waals surface area contributed by atoms with Crippen LogP contribution >= 0.6 is 0 Å². The molecular weight excluding hydrogens is 492 g/mol. The minimum atomic E-state index is -1.11. The number of ether oxygens (including phenoxy) is 1. The fourth-order valence-corrected chi connectivity index (χ4v) is 5.24. The summed E-state index contributed by atoms with van der Waals surface area (Å²) in [7, 11) is 0. The van der Waals surface area contributed by atoms with Crippen molar-refractivity contribution in [1.29, 1.82) is 0 Å². The number of aromatic hydroxyl groups is 2. The van der Waals surface area contributed by atoms with Crippen LogP contribution in [0.1, 0.15) is 77.5 Å². The number of hydrogen-bond donors (Lipinski definition) is 5. The van der Waals surface area contributed by atoms with Gasteiger partial charge in [0, 0.05) is 30.9 Å². The lowest BCUT2D eigenvalue weighted by molar-refractivity contribution is -0.0165. The number of phenols is 2. The average Bonchev–Trinajstić information content (AvgIpc) is 2.85. The summed E-state index contributed by atoms with van der Waals surface area (Å²) in [5.41, 5.74) is 1.49. The molecule has 39 heavy (non-hydrogen) atoms. The Labute approximate surface area is 234 Å². The second-order valence-corrected chi connectivity index (χ2v) is 11.7. The number of aliphatic hydroxyl groups is 3. The lowest BCUT2D eigenvalue weighted by Crippen LogP contribution is -2.31. The highest BCUT2D eigenvalue weighted by atomic mass is 16.5. The predicted molar refractivity (Wildman–Crippen MR) is 155 cm³/mol. The normalized spacial score (nSPS) is 16.9. The van der Waals surface area contributed by atoms with Crippen LogP contribution in [0.25, 0.3) is 0 Å². The van der Waals surface area contributed by atoms with E-state index in [0.717, 1.165) is 12.8 Å². The minimum absolute atomic E-state index is 0.00427. The molecule has 0 saturated heterocycles. The Kier molecular flexibility index (Phi) is 13.8. The van der Waals surface area contributed by atoms with E-state index < -0.39 is 24.2 Å². The van der Waals surface area contributed by atoms with Crippen molar-refractivity contribution < 1.29 is 30.3 Å². The minimum Gasteiger partial charge on any atom is -0.508 e. The number of phenolic OH excluding ortho intramolecular Hbond substituents is 2. The monoisotopic (exact) mass is 540 g/mol. The van der Waals surface area contributed by atoms with Crippen molar-refractivity contribution >= 4 is 0 Å². The third-order valence-corrected chi connectivity index (χ3v) is 6.95. The van der Waals surface area contributed by atoms with E-state index in [1.54, 1.807) is 0 Å². The van der Waals surface area contributed by atoms with E-state index in [1.807, 2.05) is 39.0 Å². The van der Waals surface area contributed by atoms with Gasteiger partial charge in [-0.2, -0.15) is 0 Å². The van der Waals surface area contributed by atoms with Gasteiger partial charge in [0.15, 0.2) is 0 Å². The van der Waals surface area contributed by atoms with Crippen molar-refractivity contribution in [3.63, 3.8) is 0 Å². The molecule has 216 valence electrons. The van der Waals surface area contributed by atoms with E-state index in [2.05, 4.69) is 37.8 Å². The molecule has 0 aliphatic carbocycles. The van der Waals surface area contributed by atoms with Crippen LogP contribution in [-0.4, -0.2) is 44.3 Å². The molecule has 2 aromatic rings. The van der Waals surface area contributed by atoms with E-state index in [-0.39, 0.29) is 29.8 Å². The van der Waals surface area contributed by atoms with Gasteiger partial charge in [0.25, 0.3) is 0 Å². The molecule has 0 spiro atoms. The fraction of sp³-hybridized carbons (Fsp3) is 0.576. The van der Waals surface area contributed by atoms with Crippen LogP contribution in [0.15, 0.2) is 48.5 Å². The number of rotatable bonds is 15. The summed E-state index contributed by atoms with van der Waals surface area (Å²) < 4.78 is 5.88. The Bertz CT molecular complexity index is 1010. The second kappa shape index (κ2) is 16.5. The first-order valence-electron chi connectivity index (χ1n) is 14.1. The predicted octanol–water partition coefficient (Wildman–Crippen LogP) is 5.81. The zero-order valence-electron chi connectivity index (χ0n) is 24.1. The van der Waals surface area contributed by atoms with Crippen LogP contribution in [0.3, 0.4) is 0 Å². The molecule has 0 bridgehead atoms. The Hall–Kier alpha value is -2.56. The Morgan fingerprint density at radius 1 is 0.744 bits per heavy atom. The van der Waals surface area contributed by atoms with Crippen LogP contribution in [0, 0.1) is 41.4 Å². The number of hydrogen-bond acceptors (Lipinski definition) is 6. The molecule has 5 N–H and O–H groups in total. The smallest absolute Gasteiger partial charge is 0.119 e. The molecule has 0 aliphatic heterocycles. The molecule has 0 aromatic heterocycles. The molecule has 0 unspecified atom stereocenters. The van der Waals surface area contributed by atoms with Gasteiger partial charge in [-0.15, -0.1) is 0 Å². The first kappa shape index (κ1) is 32.7. The third kappa shape index (κ3) is 12.4. The van der Waals surface area contributed by atoms with Crippen LogP contribution in [0.5, 0.6) is 11.5 Å². The van der Waals surface area contributed by atoms with Gasteiger partial charge in [-0.1, -0.05) is 76.8 Å². The number of benzene rings is 2. The molecule has 0 saturated carbocycles. The van der Waals surface area contributed by atoms with Crippen LogP contribution in [0.4, 0.5) is 0 Å². The Morgan fingerprint density at radius 3 is 2.00 bits per heavy atom. The van der Waals surface area contributed by atoms with Gasteiger partial charge in [-0.05, 0) is 60.3 Å². The summed E-state index contributed by atoms with van der Waals surface area (Å²) in [5, 5.41) is 52.0. The second-order valence-electron chi connectivity index (χ2n) is 11.7. The summed E-state index contributed by atoms with van der Waals surface area (Å²) in [6.07, 6.45) is -0.712. The molecule has 0 heterocycles. The van der Waals surface area contributed by atoms with Gasteiger partial charge in [0.1, 0.15) is 17.6 Å². The maximum atomic E-state index is 11.0. The Balaban J connectivity index is 1.84. The summed E-state index contributed by atoms with van der Waals surface area (Å²) in [5.74, 6) is 6.28. The molecule has 2 rings (SSSR count). The molecule has 6 nitrogen and oxygen atoms in total. The zero-order valence-corrected chi connectivity index (χ0v) is 24.1. The highest BCUT2D eigenvalue weighted by Crippen LogP contribution is 2.35. The van der Waals surface area contributed by atoms with Gasteiger partial charge in [0.2, 0.25) is 0 Å².